The lowest BCUT2D eigenvalue weighted by Crippen LogP contribution is -1.76. The molecule has 0 radical (unpaired) electrons. The monoisotopic (exact) mass is 131 g/mol. The Kier molecular flexibility index (Phi) is 5.22. The number of hydrogen-bond donors (Lipinski definition) is 1. The summed E-state index contributed by atoms with van der Waals surface area (Å²) in [6.07, 6.45) is 4.51. The van der Waals surface area contributed by atoms with Crippen LogP contribution in [0, 0.1) is 0 Å². The standard InChI is InChI=1S/C6H13NS/c1-3-4-5-6(2)8-7/h5H,3-4,7H2,1-2H3. The van der Waals surface area contributed by atoms with Crippen molar-refractivity contribution >= 4 is 11.9 Å². The average molecular weight is 131 g/mol. The minimum absolute atomic E-state index is 1.15. The van der Waals surface area contributed by atoms with Gasteiger partial charge in [0.15, 0.2) is 0 Å². The summed E-state index contributed by atoms with van der Waals surface area (Å²) in [5.41, 5.74) is 0. The van der Waals surface area contributed by atoms with Gasteiger partial charge in [-0.05, 0) is 18.2 Å². The fourth-order valence-corrected chi connectivity index (χ4v) is 0.610. The van der Waals surface area contributed by atoms with Crippen LogP contribution in [0.2, 0.25) is 0 Å². The van der Waals surface area contributed by atoms with Crippen molar-refractivity contribution in [1.29, 1.82) is 0 Å². The summed E-state index contributed by atoms with van der Waals surface area (Å²) in [6.45, 7) is 4.19. The van der Waals surface area contributed by atoms with Gasteiger partial charge in [-0.15, -0.1) is 0 Å². The predicted octanol–water partition coefficient (Wildman–Crippen LogP) is 2.30. The first-order valence-electron chi connectivity index (χ1n) is 2.84. The van der Waals surface area contributed by atoms with Crippen LogP contribution in [0.3, 0.4) is 0 Å². The van der Waals surface area contributed by atoms with Crippen molar-refractivity contribution in [3.8, 4) is 0 Å². The van der Waals surface area contributed by atoms with E-state index in [0.29, 0.717) is 0 Å². The van der Waals surface area contributed by atoms with Crippen molar-refractivity contribution < 1.29 is 0 Å². The lowest BCUT2D eigenvalue weighted by Gasteiger charge is -1.90. The molecule has 0 aliphatic rings. The van der Waals surface area contributed by atoms with E-state index in [-0.39, 0.29) is 0 Å². The maximum Gasteiger partial charge on any atom is -0.00698 e. The highest BCUT2D eigenvalue weighted by Gasteiger charge is 1.80. The molecule has 0 atom stereocenters. The molecular formula is C6H13NS. The first-order valence-corrected chi connectivity index (χ1v) is 3.72. The molecule has 0 aromatic carbocycles. The molecule has 8 heavy (non-hydrogen) atoms. The van der Waals surface area contributed by atoms with Crippen LogP contribution in [0.5, 0.6) is 0 Å². The second-order valence-corrected chi connectivity index (χ2v) is 2.60. The molecule has 2 heteroatoms. The summed E-state index contributed by atoms with van der Waals surface area (Å²) in [5, 5.41) is 5.26. The minimum Gasteiger partial charge on any atom is -0.274 e. The van der Waals surface area contributed by atoms with Gasteiger partial charge < -0.3 is 0 Å². The number of unbranched alkanes of at least 4 members (excludes halogenated alkanes) is 1. The molecule has 0 bridgehead atoms. The Hall–Kier alpha value is 0.0500. The summed E-state index contributed by atoms with van der Waals surface area (Å²) >= 11 is 1.33. The van der Waals surface area contributed by atoms with E-state index < -0.39 is 0 Å². The average Bonchev–Trinajstić information content (AvgIpc) is 1.83. The normalized spacial score (nSPS) is 12.1. The third-order valence-corrected chi connectivity index (χ3v) is 1.44. The molecule has 0 spiro atoms. The summed E-state index contributed by atoms with van der Waals surface area (Å²) in [7, 11) is 0. The Balaban J connectivity index is 3.26. The molecule has 0 aliphatic carbocycles. The molecule has 0 unspecified atom stereocenters. The maximum absolute atomic E-state index is 5.26. The summed E-state index contributed by atoms with van der Waals surface area (Å²) in [5.74, 6) is 0. The highest BCUT2D eigenvalue weighted by Crippen LogP contribution is 2.06. The first-order chi connectivity index (χ1) is 3.81. The Bertz CT molecular complexity index is 78.6. The molecule has 0 amide bonds. The van der Waals surface area contributed by atoms with E-state index in [0.717, 1.165) is 6.42 Å². The molecule has 0 fully saturated rings. The van der Waals surface area contributed by atoms with Crippen molar-refractivity contribution in [3.05, 3.63) is 11.0 Å². The maximum atomic E-state index is 5.26. The van der Waals surface area contributed by atoms with Crippen molar-refractivity contribution in [2.24, 2.45) is 5.14 Å². The Morgan fingerprint density at radius 2 is 2.38 bits per heavy atom. The highest BCUT2D eigenvalue weighted by molar-refractivity contribution is 8.00. The second-order valence-electron chi connectivity index (χ2n) is 1.72. The van der Waals surface area contributed by atoms with E-state index in [2.05, 4.69) is 13.0 Å². The number of allylic oxidation sites excluding steroid dienone is 2. The third-order valence-electron chi connectivity index (χ3n) is 0.906. The summed E-state index contributed by atoms with van der Waals surface area (Å²) in [6, 6.07) is 0. The van der Waals surface area contributed by atoms with Gasteiger partial charge >= 0.3 is 0 Å². The van der Waals surface area contributed by atoms with Gasteiger partial charge in [-0.2, -0.15) is 0 Å². The van der Waals surface area contributed by atoms with E-state index >= 15 is 0 Å². The van der Waals surface area contributed by atoms with Crippen LogP contribution in [0.1, 0.15) is 26.7 Å². The number of rotatable bonds is 3. The van der Waals surface area contributed by atoms with Crippen LogP contribution in [-0.4, -0.2) is 0 Å². The Morgan fingerprint density at radius 3 is 2.75 bits per heavy atom. The molecule has 1 nitrogen and oxygen atoms in total. The van der Waals surface area contributed by atoms with Gasteiger partial charge in [0, 0.05) is 0 Å². The van der Waals surface area contributed by atoms with Crippen molar-refractivity contribution in [3.63, 3.8) is 0 Å². The molecule has 2 N–H and O–H groups in total. The molecule has 0 aromatic heterocycles. The molecule has 0 saturated carbocycles. The zero-order valence-electron chi connectivity index (χ0n) is 5.48. The van der Waals surface area contributed by atoms with Gasteiger partial charge in [0.05, 0.1) is 0 Å². The van der Waals surface area contributed by atoms with E-state index in [1.807, 2.05) is 6.92 Å². The molecule has 0 aliphatic heterocycles. The van der Waals surface area contributed by atoms with E-state index in [9.17, 15) is 0 Å². The first kappa shape index (κ1) is 8.05. The zero-order valence-corrected chi connectivity index (χ0v) is 6.29. The minimum atomic E-state index is 1.15. The molecule has 0 heterocycles. The van der Waals surface area contributed by atoms with Gasteiger partial charge in [-0.25, -0.2) is 0 Å². The third kappa shape index (κ3) is 4.22. The smallest absolute Gasteiger partial charge is 0.00698 e. The van der Waals surface area contributed by atoms with Crippen LogP contribution in [-0.2, 0) is 0 Å². The van der Waals surface area contributed by atoms with Gasteiger partial charge in [0.2, 0.25) is 0 Å². The summed E-state index contributed by atoms with van der Waals surface area (Å²) < 4.78 is 0. The molecule has 48 valence electrons. The predicted molar refractivity (Wildman–Crippen MR) is 40.4 cm³/mol. The fourth-order valence-electron chi connectivity index (χ4n) is 0.396. The van der Waals surface area contributed by atoms with Gasteiger partial charge in [0.25, 0.3) is 0 Å². The van der Waals surface area contributed by atoms with Crippen LogP contribution in [0.15, 0.2) is 11.0 Å². The van der Waals surface area contributed by atoms with E-state index in [1.165, 1.54) is 23.3 Å². The molecule has 0 rings (SSSR count). The molecular weight excluding hydrogens is 118 g/mol. The van der Waals surface area contributed by atoms with Crippen LogP contribution < -0.4 is 5.14 Å². The molecule has 0 saturated heterocycles. The lowest BCUT2D eigenvalue weighted by molar-refractivity contribution is 0.955. The van der Waals surface area contributed by atoms with Crippen molar-refractivity contribution in [2.45, 2.75) is 26.7 Å². The Labute approximate surface area is 55.5 Å². The van der Waals surface area contributed by atoms with Crippen molar-refractivity contribution in [2.75, 3.05) is 0 Å². The summed E-state index contributed by atoms with van der Waals surface area (Å²) in [4.78, 5) is 1.21. The Morgan fingerprint density at radius 1 is 1.75 bits per heavy atom. The topological polar surface area (TPSA) is 26.0 Å². The van der Waals surface area contributed by atoms with Crippen LogP contribution >= 0.6 is 11.9 Å². The van der Waals surface area contributed by atoms with Crippen LogP contribution in [0.4, 0.5) is 0 Å². The molecule has 0 aromatic rings. The van der Waals surface area contributed by atoms with Crippen molar-refractivity contribution in [1.82, 2.24) is 0 Å². The van der Waals surface area contributed by atoms with Crippen LogP contribution in [0.25, 0.3) is 0 Å². The number of hydrogen-bond acceptors (Lipinski definition) is 2. The van der Waals surface area contributed by atoms with Gasteiger partial charge in [0.1, 0.15) is 0 Å². The lowest BCUT2D eigenvalue weighted by atomic mass is 10.3. The highest BCUT2D eigenvalue weighted by atomic mass is 32.2. The fraction of sp³-hybridized carbons (Fsp3) is 0.667. The quantitative estimate of drug-likeness (QED) is 0.595. The second kappa shape index (κ2) is 5.19. The SMILES string of the molecule is CCCC=C(C)SN. The van der Waals surface area contributed by atoms with E-state index in [1.54, 1.807) is 0 Å². The van der Waals surface area contributed by atoms with E-state index in [4.69, 9.17) is 5.14 Å². The van der Waals surface area contributed by atoms with Gasteiger partial charge in [-0.1, -0.05) is 31.4 Å². The largest absolute Gasteiger partial charge is 0.274 e. The zero-order chi connectivity index (χ0) is 6.41. The van der Waals surface area contributed by atoms with Gasteiger partial charge in [-0.3, -0.25) is 5.14 Å². The number of nitrogens with two attached hydrogens (primary N) is 1.